The van der Waals surface area contributed by atoms with Crippen LogP contribution in [-0.4, -0.2) is 13.9 Å². The number of rotatable bonds is 3. The van der Waals surface area contributed by atoms with Gasteiger partial charge in [0.2, 0.25) is 0 Å². The zero-order valence-corrected chi connectivity index (χ0v) is 10.8. The van der Waals surface area contributed by atoms with Gasteiger partial charge in [0.15, 0.2) is 0 Å². The molecule has 0 bridgehead atoms. The third-order valence-corrected chi connectivity index (χ3v) is 3.36. The fourth-order valence-electron chi connectivity index (χ4n) is 1.37. The van der Waals surface area contributed by atoms with Gasteiger partial charge in [-0.2, -0.15) is 8.75 Å². The second kappa shape index (κ2) is 5.16. The summed E-state index contributed by atoms with van der Waals surface area (Å²) in [5.41, 5.74) is 0.147. The van der Waals surface area contributed by atoms with Gasteiger partial charge in [-0.15, -0.1) is 0 Å². The summed E-state index contributed by atoms with van der Waals surface area (Å²) in [5.74, 6) is -1.39. The first-order valence-electron chi connectivity index (χ1n) is 4.67. The van der Waals surface area contributed by atoms with Crippen molar-refractivity contribution in [2.24, 2.45) is 0 Å². The zero-order chi connectivity index (χ0) is 12.4. The first kappa shape index (κ1) is 12.5. The fraction of sp³-hybridized carbons (Fsp3) is 0.200. The van der Waals surface area contributed by atoms with Crippen molar-refractivity contribution in [1.29, 1.82) is 0 Å². The number of aliphatic hydroxyl groups excluding tert-OH is 1. The van der Waals surface area contributed by atoms with Crippen LogP contribution in [0.15, 0.2) is 22.8 Å². The molecule has 1 aromatic heterocycles. The van der Waals surface area contributed by atoms with Crippen LogP contribution >= 0.6 is 27.7 Å². The SMILES string of the molecule is OC(Cc1c(F)ccc(Br)c1F)c1cnsn1. The third kappa shape index (κ3) is 2.67. The lowest BCUT2D eigenvalue weighted by Crippen LogP contribution is -2.06. The van der Waals surface area contributed by atoms with E-state index < -0.39 is 17.7 Å². The molecule has 0 aliphatic carbocycles. The van der Waals surface area contributed by atoms with E-state index in [1.165, 1.54) is 12.3 Å². The molecule has 0 saturated carbocycles. The van der Waals surface area contributed by atoms with Crippen LogP contribution in [0.4, 0.5) is 8.78 Å². The van der Waals surface area contributed by atoms with Crippen molar-refractivity contribution in [2.75, 3.05) is 0 Å². The molecule has 0 radical (unpaired) electrons. The Balaban J connectivity index is 2.27. The Labute approximate surface area is 109 Å². The number of aromatic nitrogens is 2. The van der Waals surface area contributed by atoms with Crippen LogP contribution in [0.1, 0.15) is 17.4 Å². The highest BCUT2D eigenvalue weighted by molar-refractivity contribution is 9.10. The Morgan fingerprint density at radius 1 is 1.41 bits per heavy atom. The van der Waals surface area contributed by atoms with Crippen molar-refractivity contribution in [3.05, 3.63) is 45.7 Å². The summed E-state index contributed by atoms with van der Waals surface area (Å²) in [6.07, 6.45) is 0.137. The highest BCUT2D eigenvalue weighted by atomic mass is 79.9. The van der Waals surface area contributed by atoms with Crippen molar-refractivity contribution >= 4 is 27.7 Å². The van der Waals surface area contributed by atoms with Gasteiger partial charge in [-0.25, -0.2) is 8.78 Å². The first-order chi connectivity index (χ1) is 8.09. The predicted octanol–water partition coefficient (Wildman–Crippen LogP) is 2.85. The van der Waals surface area contributed by atoms with Crippen LogP contribution in [0.5, 0.6) is 0 Å². The van der Waals surface area contributed by atoms with Crippen molar-refractivity contribution in [3.8, 4) is 0 Å². The summed E-state index contributed by atoms with van der Waals surface area (Å²) in [5, 5.41) is 9.76. The molecule has 7 heteroatoms. The number of halogens is 3. The van der Waals surface area contributed by atoms with Crippen LogP contribution in [-0.2, 0) is 6.42 Å². The maximum absolute atomic E-state index is 13.6. The lowest BCUT2D eigenvalue weighted by Gasteiger charge is -2.10. The molecule has 1 aromatic carbocycles. The summed E-state index contributed by atoms with van der Waals surface area (Å²) >= 11 is 3.90. The van der Waals surface area contributed by atoms with E-state index in [4.69, 9.17) is 0 Å². The molecular weight excluding hydrogens is 314 g/mol. The van der Waals surface area contributed by atoms with E-state index in [1.54, 1.807) is 0 Å². The Morgan fingerprint density at radius 3 is 2.82 bits per heavy atom. The molecule has 1 heterocycles. The quantitative estimate of drug-likeness (QED) is 0.884. The molecule has 0 aliphatic rings. The molecule has 17 heavy (non-hydrogen) atoms. The van der Waals surface area contributed by atoms with Crippen molar-refractivity contribution in [3.63, 3.8) is 0 Å². The highest BCUT2D eigenvalue weighted by Crippen LogP contribution is 2.25. The molecule has 3 nitrogen and oxygen atoms in total. The molecule has 0 amide bonds. The molecule has 2 rings (SSSR count). The van der Waals surface area contributed by atoms with Gasteiger partial charge < -0.3 is 5.11 Å². The fourth-order valence-corrected chi connectivity index (χ4v) is 2.21. The van der Waals surface area contributed by atoms with E-state index in [2.05, 4.69) is 24.7 Å². The second-order valence-electron chi connectivity index (χ2n) is 3.37. The minimum atomic E-state index is -1.06. The van der Waals surface area contributed by atoms with Gasteiger partial charge in [0.25, 0.3) is 0 Å². The van der Waals surface area contributed by atoms with Crippen molar-refractivity contribution in [1.82, 2.24) is 8.75 Å². The average molecular weight is 321 g/mol. The van der Waals surface area contributed by atoms with Crippen molar-refractivity contribution in [2.45, 2.75) is 12.5 Å². The average Bonchev–Trinajstić information content (AvgIpc) is 2.83. The standard InChI is InChI=1S/C10H7BrF2N2OS/c11-6-1-2-7(12)5(10(6)13)3-9(16)8-4-14-17-15-8/h1-2,4,9,16H,3H2. The van der Waals surface area contributed by atoms with Gasteiger partial charge in [-0.3, -0.25) is 0 Å². The molecule has 1 atom stereocenters. The number of nitrogens with zero attached hydrogens (tertiary/aromatic N) is 2. The van der Waals surface area contributed by atoms with E-state index in [-0.39, 0.29) is 16.5 Å². The van der Waals surface area contributed by atoms with Crippen LogP contribution in [0, 0.1) is 11.6 Å². The molecule has 0 fully saturated rings. The summed E-state index contributed by atoms with van der Waals surface area (Å²) in [6, 6.07) is 2.43. The highest BCUT2D eigenvalue weighted by Gasteiger charge is 2.18. The van der Waals surface area contributed by atoms with Gasteiger partial charge in [0.1, 0.15) is 23.4 Å². The minimum Gasteiger partial charge on any atom is -0.386 e. The largest absolute Gasteiger partial charge is 0.386 e. The zero-order valence-electron chi connectivity index (χ0n) is 8.40. The molecule has 2 aromatic rings. The molecule has 1 N–H and O–H groups in total. The molecule has 0 spiro atoms. The second-order valence-corrected chi connectivity index (χ2v) is 4.79. The summed E-state index contributed by atoms with van der Waals surface area (Å²) in [4.78, 5) is 0. The van der Waals surface area contributed by atoms with Gasteiger partial charge in [-0.05, 0) is 28.1 Å². The van der Waals surface area contributed by atoms with Crippen LogP contribution in [0.2, 0.25) is 0 Å². The first-order valence-corrected chi connectivity index (χ1v) is 6.20. The van der Waals surface area contributed by atoms with Crippen LogP contribution < -0.4 is 0 Å². The summed E-state index contributed by atoms with van der Waals surface area (Å²) in [7, 11) is 0. The number of benzene rings is 1. The Morgan fingerprint density at radius 2 is 2.18 bits per heavy atom. The van der Waals surface area contributed by atoms with Gasteiger partial charge in [0.05, 0.1) is 22.4 Å². The monoisotopic (exact) mass is 320 g/mol. The van der Waals surface area contributed by atoms with Crippen LogP contribution in [0.3, 0.4) is 0 Å². The number of hydrogen-bond acceptors (Lipinski definition) is 4. The topological polar surface area (TPSA) is 46.0 Å². The Hall–Kier alpha value is -0.920. The van der Waals surface area contributed by atoms with Crippen LogP contribution in [0.25, 0.3) is 0 Å². The molecular formula is C10H7BrF2N2OS. The van der Waals surface area contributed by atoms with Gasteiger partial charge in [0, 0.05) is 12.0 Å². The lowest BCUT2D eigenvalue weighted by atomic mass is 10.1. The van der Waals surface area contributed by atoms with E-state index in [0.717, 1.165) is 17.8 Å². The summed E-state index contributed by atoms with van der Waals surface area (Å²) < 4.78 is 34.8. The maximum Gasteiger partial charge on any atom is 0.143 e. The van der Waals surface area contributed by atoms with E-state index in [0.29, 0.717) is 5.69 Å². The number of hydrogen-bond donors (Lipinski definition) is 1. The Kier molecular flexibility index (Phi) is 3.80. The summed E-state index contributed by atoms with van der Waals surface area (Å²) in [6.45, 7) is 0. The molecule has 0 saturated heterocycles. The molecule has 90 valence electrons. The third-order valence-electron chi connectivity index (χ3n) is 2.26. The normalized spacial score (nSPS) is 12.7. The van der Waals surface area contributed by atoms with Crippen molar-refractivity contribution < 1.29 is 13.9 Å². The molecule has 1 unspecified atom stereocenters. The van der Waals surface area contributed by atoms with Gasteiger partial charge in [-0.1, -0.05) is 0 Å². The Bertz CT molecular complexity index is 521. The number of aliphatic hydroxyl groups is 1. The van der Waals surface area contributed by atoms with Gasteiger partial charge >= 0.3 is 0 Å². The van der Waals surface area contributed by atoms with E-state index in [1.807, 2.05) is 0 Å². The minimum absolute atomic E-state index is 0.164. The van der Waals surface area contributed by atoms with E-state index >= 15 is 0 Å². The maximum atomic E-state index is 13.6. The lowest BCUT2D eigenvalue weighted by molar-refractivity contribution is 0.171. The smallest absolute Gasteiger partial charge is 0.143 e. The van der Waals surface area contributed by atoms with E-state index in [9.17, 15) is 13.9 Å². The predicted molar refractivity (Wildman–Crippen MR) is 62.6 cm³/mol. The molecule has 0 aliphatic heterocycles.